The van der Waals surface area contributed by atoms with Crippen LogP contribution in [0.4, 0.5) is 0 Å². The van der Waals surface area contributed by atoms with E-state index in [1.807, 2.05) is 20.9 Å². The minimum Gasteiger partial charge on any atom is -0.443 e. The maximum atomic E-state index is 5.92. The van der Waals surface area contributed by atoms with Crippen molar-refractivity contribution < 1.29 is 9.15 Å². The van der Waals surface area contributed by atoms with E-state index in [1.165, 1.54) is 19.3 Å². The van der Waals surface area contributed by atoms with E-state index < -0.39 is 0 Å². The van der Waals surface area contributed by atoms with Crippen molar-refractivity contribution in [1.29, 1.82) is 0 Å². The van der Waals surface area contributed by atoms with E-state index in [2.05, 4.69) is 10.3 Å². The SMILES string of the molecule is CNC1CCCCC1OCc1nc(C)c(C)o1. The summed E-state index contributed by atoms with van der Waals surface area (Å²) in [5.41, 5.74) is 0.956. The van der Waals surface area contributed by atoms with Gasteiger partial charge in [-0.1, -0.05) is 12.8 Å². The molecule has 1 fully saturated rings. The first-order valence-corrected chi connectivity index (χ1v) is 6.42. The molecule has 96 valence electrons. The van der Waals surface area contributed by atoms with Crippen LogP contribution in [0.1, 0.15) is 43.0 Å². The molecule has 0 radical (unpaired) electrons. The van der Waals surface area contributed by atoms with Crippen molar-refractivity contribution in [3.05, 3.63) is 17.3 Å². The van der Waals surface area contributed by atoms with Crippen molar-refractivity contribution >= 4 is 0 Å². The lowest BCUT2D eigenvalue weighted by molar-refractivity contribution is -0.0126. The van der Waals surface area contributed by atoms with Gasteiger partial charge in [0.1, 0.15) is 12.4 Å². The van der Waals surface area contributed by atoms with Gasteiger partial charge < -0.3 is 14.5 Å². The molecule has 1 aromatic heterocycles. The molecule has 0 saturated heterocycles. The van der Waals surface area contributed by atoms with E-state index >= 15 is 0 Å². The molecule has 0 bridgehead atoms. The minimum atomic E-state index is 0.293. The summed E-state index contributed by atoms with van der Waals surface area (Å²) in [5, 5.41) is 3.33. The predicted octanol–water partition coefficient (Wildman–Crippen LogP) is 2.34. The Morgan fingerprint density at radius 2 is 2.12 bits per heavy atom. The Balaban J connectivity index is 1.88. The van der Waals surface area contributed by atoms with E-state index in [-0.39, 0.29) is 0 Å². The number of hydrogen-bond donors (Lipinski definition) is 1. The Hall–Kier alpha value is -0.870. The van der Waals surface area contributed by atoms with Crippen LogP contribution in [0.2, 0.25) is 0 Å². The lowest BCUT2D eigenvalue weighted by Crippen LogP contribution is -2.41. The van der Waals surface area contributed by atoms with Gasteiger partial charge in [-0.15, -0.1) is 0 Å². The summed E-state index contributed by atoms with van der Waals surface area (Å²) in [6, 6.07) is 0.473. The molecular weight excluding hydrogens is 216 g/mol. The molecule has 4 nitrogen and oxygen atoms in total. The lowest BCUT2D eigenvalue weighted by Gasteiger charge is -2.30. The number of aromatic nitrogens is 1. The smallest absolute Gasteiger partial charge is 0.220 e. The van der Waals surface area contributed by atoms with Crippen LogP contribution in [0.15, 0.2) is 4.42 Å². The summed E-state index contributed by atoms with van der Waals surface area (Å²) in [5.74, 6) is 1.58. The second-order valence-corrected chi connectivity index (χ2v) is 4.78. The maximum Gasteiger partial charge on any atom is 0.220 e. The first-order valence-electron chi connectivity index (χ1n) is 6.42. The van der Waals surface area contributed by atoms with Crippen LogP contribution in [0.5, 0.6) is 0 Å². The average Bonchev–Trinajstić information content (AvgIpc) is 2.66. The van der Waals surface area contributed by atoms with Crippen molar-refractivity contribution in [3.63, 3.8) is 0 Å². The Morgan fingerprint density at radius 1 is 1.35 bits per heavy atom. The summed E-state index contributed by atoms with van der Waals surface area (Å²) in [7, 11) is 2.01. The second kappa shape index (κ2) is 5.65. The van der Waals surface area contributed by atoms with Gasteiger partial charge in [0.2, 0.25) is 5.89 Å². The Bertz CT molecular complexity index is 343. The van der Waals surface area contributed by atoms with Gasteiger partial charge in [0, 0.05) is 6.04 Å². The fourth-order valence-corrected chi connectivity index (χ4v) is 2.41. The van der Waals surface area contributed by atoms with Crippen LogP contribution in [0.25, 0.3) is 0 Å². The van der Waals surface area contributed by atoms with Gasteiger partial charge in [-0.25, -0.2) is 4.98 Å². The third-order valence-electron chi connectivity index (χ3n) is 3.57. The topological polar surface area (TPSA) is 47.3 Å². The molecule has 1 aliphatic rings. The van der Waals surface area contributed by atoms with Crippen LogP contribution >= 0.6 is 0 Å². The summed E-state index contributed by atoms with van der Waals surface area (Å²) >= 11 is 0. The highest BCUT2D eigenvalue weighted by molar-refractivity contribution is 5.04. The van der Waals surface area contributed by atoms with Gasteiger partial charge in [0.05, 0.1) is 11.8 Å². The van der Waals surface area contributed by atoms with Crippen molar-refractivity contribution in [2.45, 2.75) is 58.3 Å². The largest absolute Gasteiger partial charge is 0.443 e. The molecule has 0 aromatic carbocycles. The molecule has 0 amide bonds. The molecule has 0 spiro atoms. The van der Waals surface area contributed by atoms with E-state index in [0.717, 1.165) is 17.9 Å². The second-order valence-electron chi connectivity index (χ2n) is 4.78. The van der Waals surface area contributed by atoms with Crippen LogP contribution in [0, 0.1) is 13.8 Å². The van der Waals surface area contributed by atoms with E-state index in [9.17, 15) is 0 Å². The van der Waals surface area contributed by atoms with Gasteiger partial charge in [-0.3, -0.25) is 0 Å². The number of oxazole rings is 1. The molecule has 1 N–H and O–H groups in total. The van der Waals surface area contributed by atoms with Crippen molar-refractivity contribution in [3.8, 4) is 0 Å². The quantitative estimate of drug-likeness (QED) is 0.874. The molecule has 1 aliphatic carbocycles. The molecule has 4 heteroatoms. The zero-order valence-electron chi connectivity index (χ0n) is 11.0. The van der Waals surface area contributed by atoms with Crippen molar-refractivity contribution in [1.82, 2.24) is 10.3 Å². The number of nitrogens with one attached hydrogen (secondary N) is 1. The molecule has 17 heavy (non-hydrogen) atoms. The lowest BCUT2D eigenvalue weighted by atomic mass is 9.92. The molecule has 1 saturated carbocycles. The van der Waals surface area contributed by atoms with Gasteiger partial charge >= 0.3 is 0 Å². The Labute approximate surface area is 103 Å². The molecule has 2 unspecified atom stereocenters. The normalized spacial score (nSPS) is 25.1. The Morgan fingerprint density at radius 3 is 2.76 bits per heavy atom. The van der Waals surface area contributed by atoms with Crippen molar-refractivity contribution in [2.24, 2.45) is 0 Å². The Kier molecular flexibility index (Phi) is 4.18. The number of ether oxygens (including phenoxy) is 1. The standard InChI is InChI=1S/C13H22N2O2/c1-9-10(2)17-13(15-9)8-16-12-7-5-4-6-11(12)14-3/h11-12,14H,4-8H2,1-3H3. The van der Waals surface area contributed by atoms with Crippen LogP contribution in [0.3, 0.4) is 0 Å². The van der Waals surface area contributed by atoms with Crippen LogP contribution < -0.4 is 5.32 Å². The third kappa shape index (κ3) is 3.07. The number of aryl methyl sites for hydroxylation is 2. The van der Waals surface area contributed by atoms with Crippen molar-refractivity contribution in [2.75, 3.05) is 7.05 Å². The van der Waals surface area contributed by atoms with E-state index in [1.54, 1.807) is 0 Å². The highest BCUT2D eigenvalue weighted by atomic mass is 16.5. The zero-order chi connectivity index (χ0) is 12.3. The molecular formula is C13H22N2O2. The number of nitrogens with zero attached hydrogens (tertiary/aromatic N) is 1. The molecule has 2 atom stereocenters. The van der Waals surface area contributed by atoms with Crippen LogP contribution in [-0.4, -0.2) is 24.2 Å². The molecule has 2 rings (SSSR count). The van der Waals surface area contributed by atoms with Crippen LogP contribution in [-0.2, 0) is 11.3 Å². The fourth-order valence-electron chi connectivity index (χ4n) is 2.41. The molecule has 1 heterocycles. The third-order valence-corrected chi connectivity index (χ3v) is 3.57. The number of rotatable bonds is 4. The van der Waals surface area contributed by atoms with E-state index in [4.69, 9.17) is 9.15 Å². The van der Waals surface area contributed by atoms with Gasteiger partial charge in [0.15, 0.2) is 0 Å². The summed E-state index contributed by atoms with van der Waals surface area (Å²) in [4.78, 5) is 4.33. The number of hydrogen-bond acceptors (Lipinski definition) is 4. The first kappa shape index (κ1) is 12.6. The summed E-state index contributed by atoms with van der Waals surface area (Å²) < 4.78 is 11.4. The first-order chi connectivity index (χ1) is 8.20. The molecule has 0 aliphatic heterocycles. The highest BCUT2D eigenvalue weighted by Crippen LogP contribution is 2.22. The molecule has 1 aromatic rings. The summed E-state index contributed by atoms with van der Waals surface area (Å²) in [6.45, 7) is 4.37. The summed E-state index contributed by atoms with van der Waals surface area (Å²) in [6.07, 6.45) is 5.17. The zero-order valence-corrected chi connectivity index (χ0v) is 11.0. The van der Waals surface area contributed by atoms with Gasteiger partial charge in [-0.2, -0.15) is 0 Å². The van der Waals surface area contributed by atoms with E-state index in [0.29, 0.717) is 24.6 Å². The highest BCUT2D eigenvalue weighted by Gasteiger charge is 2.24. The monoisotopic (exact) mass is 238 g/mol. The predicted molar refractivity (Wildman–Crippen MR) is 65.9 cm³/mol. The fraction of sp³-hybridized carbons (Fsp3) is 0.769. The minimum absolute atomic E-state index is 0.293. The average molecular weight is 238 g/mol. The van der Waals surface area contributed by atoms with Gasteiger partial charge in [0.25, 0.3) is 0 Å². The number of likely N-dealkylation sites (N-methyl/N-ethyl adjacent to an activating group) is 1. The van der Waals surface area contributed by atoms with Gasteiger partial charge in [-0.05, 0) is 33.7 Å². The maximum absolute atomic E-state index is 5.92.